The minimum absolute atomic E-state index is 0.0660. The molecule has 1 atom stereocenters. The molecule has 2 aromatic heterocycles. The second-order valence-corrected chi connectivity index (χ2v) is 7.74. The van der Waals surface area contributed by atoms with E-state index in [0.717, 1.165) is 5.56 Å². The van der Waals surface area contributed by atoms with E-state index in [9.17, 15) is 10.1 Å². The Morgan fingerprint density at radius 3 is 2.35 bits per heavy atom. The van der Waals surface area contributed by atoms with Gasteiger partial charge in [-0.3, -0.25) is 0 Å². The average molecular weight is 451 g/mol. The van der Waals surface area contributed by atoms with Crippen molar-refractivity contribution in [1.29, 1.82) is 5.26 Å². The molecule has 2 N–H and O–H groups in total. The lowest BCUT2D eigenvalue weighted by Gasteiger charge is -2.19. The van der Waals surface area contributed by atoms with Crippen molar-refractivity contribution in [3.63, 3.8) is 0 Å². The van der Waals surface area contributed by atoms with Gasteiger partial charge in [-0.2, -0.15) is 10.2 Å². The number of anilines is 1. The maximum atomic E-state index is 12.8. The third-order valence-electron chi connectivity index (χ3n) is 4.99. The van der Waals surface area contributed by atoms with E-state index >= 15 is 0 Å². The first-order chi connectivity index (χ1) is 15.0. The van der Waals surface area contributed by atoms with Crippen molar-refractivity contribution in [2.45, 2.75) is 5.92 Å². The second-order valence-electron chi connectivity index (χ2n) is 6.86. The molecule has 1 aliphatic heterocycles. The van der Waals surface area contributed by atoms with E-state index in [-0.39, 0.29) is 28.4 Å². The van der Waals surface area contributed by atoms with Crippen LogP contribution in [0.15, 0.2) is 62.2 Å². The highest BCUT2D eigenvalue weighted by Gasteiger charge is 2.35. The van der Waals surface area contributed by atoms with E-state index < -0.39 is 11.5 Å². The number of nitrogen functional groups attached to an aromatic ring is 1. The molecule has 31 heavy (non-hydrogen) atoms. The van der Waals surface area contributed by atoms with Gasteiger partial charge in [0.25, 0.3) is 6.01 Å². The van der Waals surface area contributed by atoms with Crippen LogP contribution in [0.3, 0.4) is 0 Å². The number of nitrogens with two attached hydrogens (primary N) is 1. The predicted octanol–water partition coefficient (Wildman–Crippen LogP) is 2.96. The van der Waals surface area contributed by atoms with Gasteiger partial charge in [-0.05, 0) is 41.5 Å². The summed E-state index contributed by atoms with van der Waals surface area (Å²) in [6.45, 7) is 0. The maximum absolute atomic E-state index is 12.8. The zero-order chi connectivity index (χ0) is 21.7. The van der Waals surface area contributed by atoms with Gasteiger partial charge >= 0.3 is 5.63 Å². The molecule has 4 aromatic rings. The molecule has 0 radical (unpaired) electrons. The summed E-state index contributed by atoms with van der Waals surface area (Å²) in [4.78, 5) is 17.1. The van der Waals surface area contributed by atoms with Crippen molar-refractivity contribution in [2.75, 3.05) is 5.73 Å². The highest BCUT2D eigenvalue weighted by Crippen LogP contribution is 2.37. The van der Waals surface area contributed by atoms with Gasteiger partial charge in [-0.15, -0.1) is 0 Å². The first-order valence-electron chi connectivity index (χ1n) is 9.12. The zero-order valence-electron chi connectivity index (χ0n) is 15.7. The van der Waals surface area contributed by atoms with Crippen molar-refractivity contribution in [2.24, 2.45) is 0 Å². The van der Waals surface area contributed by atoms with Gasteiger partial charge in [-0.1, -0.05) is 47.5 Å². The monoisotopic (exact) mass is 450 g/mol. The molecule has 0 saturated carbocycles. The highest BCUT2D eigenvalue weighted by molar-refractivity contribution is 6.30. The summed E-state index contributed by atoms with van der Waals surface area (Å²) < 4.78 is 12.6. The molecule has 0 unspecified atom stereocenters. The minimum Gasteiger partial charge on any atom is -0.406 e. The smallest absolute Gasteiger partial charge is 0.362 e. The van der Waals surface area contributed by atoms with Gasteiger partial charge in [0.05, 0.1) is 5.92 Å². The molecule has 0 bridgehead atoms. The number of nitriles is 1. The van der Waals surface area contributed by atoms with E-state index in [0.29, 0.717) is 21.3 Å². The number of hydrogen-bond donors (Lipinski definition) is 1. The van der Waals surface area contributed by atoms with Crippen molar-refractivity contribution in [3.8, 4) is 12.0 Å². The van der Waals surface area contributed by atoms with Crippen LogP contribution < -0.4 is 22.3 Å². The Morgan fingerprint density at radius 1 is 1.06 bits per heavy atom. The number of rotatable bonds is 2. The molecule has 152 valence electrons. The van der Waals surface area contributed by atoms with E-state index in [1.165, 1.54) is 4.57 Å². The Morgan fingerprint density at radius 2 is 1.71 bits per heavy atom. The van der Waals surface area contributed by atoms with Crippen molar-refractivity contribution in [1.82, 2.24) is 9.55 Å². The molecule has 2 aromatic carbocycles. The van der Waals surface area contributed by atoms with Crippen molar-refractivity contribution >= 4 is 40.9 Å². The predicted molar refractivity (Wildman–Crippen MR) is 115 cm³/mol. The SMILES string of the molecule is N#CC1=c2oc(=O)/c(=C\c3ccc(Cl)cc3)n2-c2oc(N)nc2[C@H]1c1ccc(Cl)cc1. The fourth-order valence-corrected chi connectivity index (χ4v) is 3.90. The molecular formula is C22H12Cl2N4O3. The topological polar surface area (TPSA) is 111 Å². The van der Waals surface area contributed by atoms with Crippen LogP contribution in [-0.4, -0.2) is 9.55 Å². The Labute approximate surface area is 184 Å². The number of nitrogens with zero attached hydrogens (tertiary/aromatic N) is 3. The van der Waals surface area contributed by atoms with Crippen LogP contribution in [0.1, 0.15) is 22.7 Å². The lowest BCUT2D eigenvalue weighted by Crippen LogP contribution is -2.35. The van der Waals surface area contributed by atoms with Crippen LogP contribution in [0, 0.1) is 11.3 Å². The molecule has 3 heterocycles. The molecule has 0 amide bonds. The Hall–Kier alpha value is -3.73. The molecule has 0 saturated heterocycles. The number of oxazole rings is 2. The average Bonchev–Trinajstić information content (AvgIpc) is 3.28. The summed E-state index contributed by atoms with van der Waals surface area (Å²) in [6, 6.07) is 16.0. The molecule has 9 heteroatoms. The Kier molecular flexibility index (Phi) is 4.47. The summed E-state index contributed by atoms with van der Waals surface area (Å²) in [7, 11) is 0. The van der Waals surface area contributed by atoms with Crippen molar-refractivity contribution in [3.05, 3.63) is 96.7 Å². The zero-order valence-corrected chi connectivity index (χ0v) is 17.2. The first kappa shape index (κ1) is 19.2. The van der Waals surface area contributed by atoms with E-state index in [2.05, 4.69) is 11.1 Å². The summed E-state index contributed by atoms with van der Waals surface area (Å²) in [5.41, 5.74) is 7.34. The minimum atomic E-state index is -0.632. The molecule has 0 aliphatic carbocycles. The number of halogens is 2. The van der Waals surface area contributed by atoms with Crippen molar-refractivity contribution < 1.29 is 8.83 Å². The third-order valence-corrected chi connectivity index (χ3v) is 5.49. The highest BCUT2D eigenvalue weighted by atomic mass is 35.5. The fraction of sp³-hybridized carbons (Fsp3) is 0.0455. The fourth-order valence-electron chi connectivity index (χ4n) is 3.65. The normalized spacial score (nSPS) is 15.5. The third kappa shape index (κ3) is 3.13. The van der Waals surface area contributed by atoms with Crippen LogP contribution in [0.2, 0.25) is 10.0 Å². The molecule has 7 nitrogen and oxygen atoms in total. The molecule has 0 fully saturated rings. The molecule has 0 spiro atoms. The molecule has 5 rings (SSSR count). The van der Waals surface area contributed by atoms with E-state index in [1.807, 2.05) is 0 Å². The van der Waals surface area contributed by atoms with Gasteiger partial charge < -0.3 is 14.6 Å². The van der Waals surface area contributed by atoms with Gasteiger partial charge in [0.15, 0.2) is 0 Å². The first-order valence-corrected chi connectivity index (χ1v) is 9.87. The van der Waals surface area contributed by atoms with Gasteiger partial charge in [0.1, 0.15) is 22.7 Å². The van der Waals surface area contributed by atoms with Crippen LogP contribution in [-0.2, 0) is 0 Å². The Bertz CT molecular complexity index is 1540. The maximum Gasteiger partial charge on any atom is 0.362 e. The largest absolute Gasteiger partial charge is 0.406 e. The second kappa shape index (κ2) is 7.20. The summed E-state index contributed by atoms with van der Waals surface area (Å²) in [6.07, 6.45) is 1.62. The summed E-state index contributed by atoms with van der Waals surface area (Å²) in [5.74, 6) is -0.412. The lowest BCUT2D eigenvalue weighted by molar-refractivity contribution is 0.455. The van der Waals surface area contributed by atoms with E-state index in [4.69, 9.17) is 37.8 Å². The number of aromatic nitrogens is 2. The van der Waals surface area contributed by atoms with Crippen LogP contribution in [0.5, 0.6) is 0 Å². The Balaban J connectivity index is 1.86. The van der Waals surface area contributed by atoms with Gasteiger partial charge in [-0.25, -0.2) is 9.36 Å². The van der Waals surface area contributed by atoms with Crippen LogP contribution in [0.4, 0.5) is 6.01 Å². The number of benzene rings is 2. The summed E-state index contributed by atoms with van der Waals surface area (Å²) >= 11 is 12.0. The molecule has 1 aliphatic rings. The quantitative estimate of drug-likeness (QED) is 0.502. The summed E-state index contributed by atoms with van der Waals surface area (Å²) in [5, 5.41) is 11.3. The number of hydrogen-bond acceptors (Lipinski definition) is 6. The van der Waals surface area contributed by atoms with Crippen LogP contribution >= 0.6 is 23.2 Å². The number of fused-ring (bicyclic) bond motifs is 3. The molecular weight excluding hydrogens is 439 g/mol. The standard InChI is InChI=1S/C22H12Cl2N4O3/c23-13-5-1-11(2-6-13)9-16-21(29)30-19-15(10-25)17(12-3-7-14(24)8-4-12)18-20(28(16)19)31-22(26)27-18/h1-9,17H,(H2,26,27)/b16-9+/t17-/m0/s1. The van der Waals surface area contributed by atoms with Gasteiger partial charge in [0, 0.05) is 10.0 Å². The van der Waals surface area contributed by atoms with E-state index in [1.54, 1.807) is 54.6 Å². The van der Waals surface area contributed by atoms with Crippen LogP contribution in [0.25, 0.3) is 17.5 Å². The van der Waals surface area contributed by atoms with Gasteiger partial charge in [0.2, 0.25) is 11.4 Å². The lowest BCUT2D eigenvalue weighted by atomic mass is 9.88.